The highest BCUT2D eigenvalue weighted by molar-refractivity contribution is 6.73. The third-order valence-corrected chi connectivity index (χ3v) is 8.74. The molecule has 1 heterocycles. The Labute approximate surface area is 119 Å². The van der Waals surface area contributed by atoms with E-state index in [1.54, 1.807) is 11.1 Å². The molecule has 1 aliphatic rings. The van der Waals surface area contributed by atoms with Gasteiger partial charge in [-0.2, -0.15) is 0 Å². The van der Waals surface area contributed by atoms with Crippen LogP contribution in [-0.2, 0) is 0 Å². The third-order valence-electron chi connectivity index (χ3n) is 4.45. The van der Waals surface area contributed by atoms with Gasteiger partial charge in [0.1, 0.15) is 0 Å². The van der Waals surface area contributed by atoms with Gasteiger partial charge in [0, 0.05) is 0 Å². The van der Waals surface area contributed by atoms with Gasteiger partial charge in [-0.25, -0.2) is 0 Å². The Morgan fingerprint density at radius 3 is 1.28 bits per heavy atom. The number of allylic oxidation sites excluding steroid dienone is 4. The van der Waals surface area contributed by atoms with Gasteiger partial charge in [-0.05, 0) is 38.8 Å². The molecule has 2 heteroatoms. The van der Waals surface area contributed by atoms with Crippen molar-refractivity contribution in [2.45, 2.75) is 67.2 Å². The minimum atomic E-state index is -0.984. The fourth-order valence-electron chi connectivity index (χ4n) is 3.65. The van der Waals surface area contributed by atoms with Gasteiger partial charge in [0.2, 0.25) is 0 Å². The zero-order chi connectivity index (χ0) is 13.7. The maximum atomic E-state index is 2.77. The van der Waals surface area contributed by atoms with E-state index >= 15 is 0 Å². The fraction of sp³-hybridized carbons (Fsp3) is 0.750. The topological polar surface area (TPSA) is 3.24 Å². The summed E-state index contributed by atoms with van der Waals surface area (Å²) in [4.78, 5) is 0. The van der Waals surface area contributed by atoms with Crippen LogP contribution in [-0.4, -0.2) is 31.3 Å². The van der Waals surface area contributed by atoms with Crippen molar-refractivity contribution in [1.29, 1.82) is 0 Å². The van der Waals surface area contributed by atoms with E-state index < -0.39 is 14.4 Å². The van der Waals surface area contributed by atoms with Crippen LogP contribution in [0.3, 0.4) is 0 Å². The summed E-state index contributed by atoms with van der Waals surface area (Å²) < 4.78 is 6.46. The van der Waals surface area contributed by atoms with E-state index in [-0.39, 0.29) is 0 Å². The first kappa shape index (κ1) is 16.0. The van der Waals surface area contributed by atoms with Gasteiger partial charge in [0.15, 0.2) is 0 Å². The smallest absolute Gasteiger partial charge is 0.378 e. The maximum absolute atomic E-state index is 2.77. The van der Waals surface area contributed by atoms with Gasteiger partial charge < -0.3 is 3.88 Å². The molecular weight excluding hydrogens is 233 g/mol. The predicted molar refractivity (Wildman–Crippen MR) is 83.9 cm³/mol. The van der Waals surface area contributed by atoms with Gasteiger partial charge in [-0.3, -0.25) is 0 Å². The molecule has 18 heavy (non-hydrogen) atoms. The Hall–Kier alpha value is -0.0275. The van der Waals surface area contributed by atoms with Gasteiger partial charge >= 0.3 is 14.4 Å². The van der Waals surface area contributed by atoms with Crippen LogP contribution in [0.15, 0.2) is 20.0 Å². The Kier molecular flexibility index (Phi) is 6.71. The van der Waals surface area contributed by atoms with Crippen molar-refractivity contribution < 1.29 is 0 Å². The van der Waals surface area contributed by atoms with E-state index in [9.17, 15) is 0 Å². The lowest BCUT2D eigenvalue weighted by Crippen LogP contribution is -2.41. The molecule has 0 aromatic heterocycles. The summed E-state index contributed by atoms with van der Waals surface area (Å²) in [7, 11) is 0. The molecule has 0 aliphatic carbocycles. The molecule has 0 saturated carbocycles. The monoisotopic (exact) mass is 263 g/mol. The van der Waals surface area contributed by atoms with Crippen molar-refractivity contribution >= 4 is 14.4 Å². The molecule has 0 radical (unpaired) electrons. The Morgan fingerprint density at radius 1 is 0.667 bits per heavy atom. The molecule has 0 amide bonds. The highest BCUT2D eigenvalue weighted by Crippen LogP contribution is 2.39. The van der Waals surface area contributed by atoms with Crippen LogP contribution in [0.25, 0.3) is 0 Å². The van der Waals surface area contributed by atoms with Crippen molar-refractivity contribution in [2.75, 3.05) is 13.1 Å². The van der Waals surface area contributed by atoms with Crippen molar-refractivity contribution in [3.63, 3.8) is 0 Å². The molecule has 0 atom stereocenters. The molecule has 102 valence electrons. The Balaban J connectivity index is 3.27. The maximum Gasteiger partial charge on any atom is 0.446 e. The third kappa shape index (κ3) is 2.77. The molecule has 0 unspecified atom stereocenters. The minimum absolute atomic E-state index is 0.984. The molecule has 0 N–H and O–H groups in total. The minimum Gasteiger partial charge on any atom is -0.378 e. The average molecular weight is 263 g/mol. The van der Waals surface area contributed by atoms with E-state index in [2.05, 4.69) is 45.4 Å². The van der Waals surface area contributed by atoms with Crippen molar-refractivity contribution in [3.8, 4) is 0 Å². The highest BCUT2D eigenvalue weighted by Gasteiger charge is 2.39. The van der Waals surface area contributed by atoms with Gasteiger partial charge in [0.25, 0.3) is 0 Å². The van der Waals surface area contributed by atoms with E-state index in [0.717, 1.165) is 0 Å². The van der Waals surface area contributed by atoms with Crippen LogP contribution in [0.2, 0.25) is 0 Å². The van der Waals surface area contributed by atoms with Crippen LogP contribution < -0.4 is 0 Å². The van der Waals surface area contributed by atoms with Crippen LogP contribution in [0.4, 0.5) is 0 Å². The molecule has 0 aromatic carbocycles. The number of hydrogen-bond acceptors (Lipinski definition) is 1. The zero-order valence-corrected chi connectivity index (χ0v) is 14.4. The fourth-order valence-corrected chi connectivity index (χ4v) is 7.87. The summed E-state index contributed by atoms with van der Waals surface area (Å²) >= 11 is -0.984. The van der Waals surface area contributed by atoms with Gasteiger partial charge in [-0.1, -0.05) is 52.7 Å². The SMILES string of the molecule is CCC1=[C](CC)[Al]([N](CC)CC)[C](CC)=C1CC. The normalized spacial score (nSPS) is 16.5. The lowest BCUT2D eigenvalue weighted by Gasteiger charge is -2.27. The molecule has 0 saturated heterocycles. The molecular formula is C16H30AlN. The highest BCUT2D eigenvalue weighted by atomic mass is 27.2. The van der Waals surface area contributed by atoms with Crippen LogP contribution in [0, 0.1) is 0 Å². The Bertz CT molecular complexity index is 309. The molecule has 1 rings (SSSR count). The molecule has 0 fully saturated rings. The summed E-state index contributed by atoms with van der Waals surface area (Å²) in [5, 5.41) is 0. The summed E-state index contributed by atoms with van der Waals surface area (Å²) in [6.45, 7) is 16.5. The first-order valence-corrected chi connectivity index (χ1v) is 9.55. The largest absolute Gasteiger partial charge is 0.446 e. The second kappa shape index (κ2) is 7.53. The molecule has 0 aromatic rings. The second-order valence-electron chi connectivity index (χ2n) is 5.05. The van der Waals surface area contributed by atoms with Crippen LogP contribution >= 0.6 is 0 Å². The van der Waals surface area contributed by atoms with E-state index in [0.29, 0.717) is 0 Å². The van der Waals surface area contributed by atoms with Gasteiger partial charge in [-0.15, -0.1) is 8.87 Å². The van der Waals surface area contributed by atoms with Crippen LogP contribution in [0.5, 0.6) is 0 Å². The number of rotatable bonds is 7. The van der Waals surface area contributed by atoms with Crippen LogP contribution in [0.1, 0.15) is 67.2 Å². The first-order chi connectivity index (χ1) is 8.69. The van der Waals surface area contributed by atoms with Crippen molar-refractivity contribution in [3.05, 3.63) is 20.0 Å². The van der Waals surface area contributed by atoms with E-state index in [4.69, 9.17) is 0 Å². The standard InChI is InChI=1S/C12H20.C4H10N.Al/c1-5-9-11(7-3)12(8-4)10-6-2;1-3-5-4-2;/h5-8H2,1-4H3;3-4H2,1-2H3;/q;-1;+1. The molecule has 1 nitrogen and oxygen atoms in total. The lowest BCUT2D eigenvalue weighted by molar-refractivity contribution is 0.484. The van der Waals surface area contributed by atoms with E-state index in [1.807, 2.05) is 8.87 Å². The molecule has 0 bridgehead atoms. The number of hydrogen-bond donors (Lipinski definition) is 0. The predicted octanol–water partition coefficient (Wildman–Crippen LogP) is 4.64. The zero-order valence-electron chi connectivity index (χ0n) is 13.3. The van der Waals surface area contributed by atoms with Crippen molar-refractivity contribution in [2.24, 2.45) is 0 Å². The Morgan fingerprint density at radius 2 is 1.06 bits per heavy atom. The summed E-state index contributed by atoms with van der Waals surface area (Å²) in [5.74, 6) is 0. The van der Waals surface area contributed by atoms with Gasteiger partial charge in [0.05, 0.1) is 0 Å². The first-order valence-electron chi connectivity index (χ1n) is 7.87. The number of nitrogens with zero attached hydrogens (tertiary/aromatic N) is 1. The lowest BCUT2D eigenvalue weighted by atomic mass is 9.99. The second-order valence-corrected chi connectivity index (χ2v) is 7.97. The van der Waals surface area contributed by atoms with E-state index in [1.165, 1.54) is 38.8 Å². The molecule has 1 aliphatic heterocycles. The quantitative estimate of drug-likeness (QED) is 0.605. The summed E-state index contributed by atoms with van der Waals surface area (Å²) in [6, 6.07) is 0. The summed E-state index contributed by atoms with van der Waals surface area (Å²) in [5.41, 5.74) is 3.47. The summed E-state index contributed by atoms with van der Waals surface area (Å²) in [6.07, 6.45) is 5.01. The average Bonchev–Trinajstić information content (AvgIpc) is 2.72. The van der Waals surface area contributed by atoms with Crippen molar-refractivity contribution in [1.82, 2.24) is 3.88 Å². The molecule has 0 spiro atoms.